The number of carbonyl (C=O) groups excluding carboxylic acids is 1. The molecule has 2 aromatic rings. The minimum absolute atomic E-state index is 0.0641. The highest BCUT2D eigenvalue weighted by Gasteiger charge is 2.20. The van der Waals surface area contributed by atoms with E-state index >= 15 is 0 Å². The van der Waals surface area contributed by atoms with E-state index < -0.39 is 0 Å². The molecule has 6 heteroatoms. The molecule has 1 aliphatic rings. The van der Waals surface area contributed by atoms with Crippen LogP contribution < -0.4 is 10.2 Å². The Hall–Kier alpha value is -2.47. The Bertz CT molecular complexity index is 739. The summed E-state index contributed by atoms with van der Waals surface area (Å²) in [6, 6.07) is 11.7. The fourth-order valence-corrected chi connectivity index (χ4v) is 3.06. The normalized spacial score (nSPS) is 15.3. The van der Waals surface area contributed by atoms with Crippen LogP contribution in [0.3, 0.4) is 0 Å². The summed E-state index contributed by atoms with van der Waals surface area (Å²) in [4.78, 5) is 26.5. The maximum Gasteiger partial charge on any atom is 0.270 e. The molecule has 2 heterocycles. The lowest BCUT2D eigenvalue weighted by molar-refractivity contribution is 0.0938. The Morgan fingerprint density at radius 2 is 1.81 bits per heavy atom. The van der Waals surface area contributed by atoms with E-state index in [-0.39, 0.29) is 11.9 Å². The summed E-state index contributed by atoms with van der Waals surface area (Å²) in [5.41, 5.74) is 1.33. The highest BCUT2D eigenvalue weighted by atomic mass is 16.1. The molecule has 138 valence electrons. The number of nitrogens with one attached hydrogen (secondary N) is 1. The zero-order valence-electron chi connectivity index (χ0n) is 15.8. The zero-order valence-corrected chi connectivity index (χ0v) is 15.8. The van der Waals surface area contributed by atoms with E-state index in [1.54, 1.807) is 0 Å². The third-order valence-corrected chi connectivity index (χ3v) is 4.54. The highest BCUT2D eigenvalue weighted by Crippen LogP contribution is 2.21. The zero-order chi connectivity index (χ0) is 18.5. The third kappa shape index (κ3) is 4.38. The number of anilines is 1. The predicted octanol–water partition coefficient (Wildman–Crippen LogP) is 2.42. The van der Waals surface area contributed by atoms with E-state index in [2.05, 4.69) is 27.0 Å². The first-order valence-electron chi connectivity index (χ1n) is 9.29. The number of aromatic nitrogens is 2. The molecule has 1 fully saturated rings. The van der Waals surface area contributed by atoms with Crippen molar-refractivity contribution >= 4 is 11.7 Å². The number of benzene rings is 1. The highest BCUT2D eigenvalue weighted by molar-refractivity contribution is 5.93. The fourth-order valence-electron chi connectivity index (χ4n) is 3.06. The molecule has 3 rings (SSSR count). The van der Waals surface area contributed by atoms with Crippen LogP contribution >= 0.6 is 0 Å². The monoisotopic (exact) mass is 353 g/mol. The molecule has 1 saturated heterocycles. The summed E-state index contributed by atoms with van der Waals surface area (Å²) in [5.74, 6) is 1.26. The van der Waals surface area contributed by atoms with E-state index in [0.717, 1.165) is 44.1 Å². The summed E-state index contributed by atoms with van der Waals surface area (Å²) in [6.07, 6.45) is 0. The average molecular weight is 353 g/mol. The van der Waals surface area contributed by atoms with Gasteiger partial charge in [-0.25, -0.2) is 9.97 Å². The van der Waals surface area contributed by atoms with Gasteiger partial charge in [0.2, 0.25) is 0 Å². The number of carbonyl (C=O) groups is 1. The number of hydrogen-bond donors (Lipinski definition) is 1. The molecule has 1 aromatic carbocycles. The molecule has 26 heavy (non-hydrogen) atoms. The third-order valence-electron chi connectivity index (χ3n) is 4.54. The minimum Gasteiger partial charge on any atom is -0.354 e. The van der Waals surface area contributed by atoms with Gasteiger partial charge in [-0.3, -0.25) is 4.79 Å². The molecular weight excluding hydrogens is 326 g/mol. The van der Waals surface area contributed by atoms with Gasteiger partial charge in [-0.15, -0.1) is 0 Å². The van der Waals surface area contributed by atoms with Crippen molar-refractivity contribution in [2.75, 3.05) is 37.6 Å². The second-order valence-corrected chi connectivity index (χ2v) is 6.85. The summed E-state index contributed by atoms with van der Waals surface area (Å²) in [5, 5.41) is 2.93. The molecule has 0 radical (unpaired) electrons. The quantitative estimate of drug-likeness (QED) is 0.894. The van der Waals surface area contributed by atoms with Crippen molar-refractivity contribution in [2.45, 2.75) is 26.8 Å². The SMILES string of the molecule is CCN1CCN(c2cc(C(=O)NC(C)C)nc(-c3ccccc3)n2)CC1. The molecule has 0 atom stereocenters. The second kappa shape index (κ2) is 8.27. The van der Waals surface area contributed by atoms with Crippen molar-refractivity contribution in [3.8, 4) is 11.4 Å². The van der Waals surface area contributed by atoms with Crippen LogP contribution in [0.25, 0.3) is 11.4 Å². The minimum atomic E-state index is -0.159. The lowest BCUT2D eigenvalue weighted by Crippen LogP contribution is -2.46. The van der Waals surface area contributed by atoms with Gasteiger partial charge in [0, 0.05) is 43.9 Å². The molecule has 1 N–H and O–H groups in total. The van der Waals surface area contributed by atoms with Crippen LogP contribution in [0.15, 0.2) is 36.4 Å². The van der Waals surface area contributed by atoms with Gasteiger partial charge in [-0.1, -0.05) is 37.3 Å². The van der Waals surface area contributed by atoms with Crippen LogP contribution in [0, 0.1) is 0 Å². The van der Waals surface area contributed by atoms with Crippen LogP contribution in [0.2, 0.25) is 0 Å². The molecule has 1 aliphatic heterocycles. The standard InChI is InChI=1S/C20H27N5O/c1-4-24-10-12-25(13-11-24)18-14-17(20(26)21-15(2)3)22-19(23-18)16-8-6-5-7-9-16/h5-9,14-15H,4,10-13H2,1-3H3,(H,21,26). The molecule has 0 aliphatic carbocycles. The van der Waals surface area contributed by atoms with Gasteiger partial charge in [-0.05, 0) is 20.4 Å². The van der Waals surface area contributed by atoms with Crippen molar-refractivity contribution in [2.24, 2.45) is 0 Å². The average Bonchev–Trinajstić information content (AvgIpc) is 2.68. The summed E-state index contributed by atoms with van der Waals surface area (Å²) in [6.45, 7) is 11.0. The first kappa shape index (κ1) is 18.3. The van der Waals surface area contributed by atoms with Gasteiger partial charge in [0.1, 0.15) is 11.5 Å². The first-order valence-corrected chi connectivity index (χ1v) is 9.29. The van der Waals surface area contributed by atoms with Gasteiger partial charge in [-0.2, -0.15) is 0 Å². The molecule has 0 unspecified atom stereocenters. The largest absolute Gasteiger partial charge is 0.354 e. The number of hydrogen-bond acceptors (Lipinski definition) is 5. The van der Waals surface area contributed by atoms with E-state index in [1.807, 2.05) is 50.2 Å². The molecular formula is C20H27N5O. The van der Waals surface area contributed by atoms with Crippen LogP contribution in [0.1, 0.15) is 31.3 Å². The van der Waals surface area contributed by atoms with E-state index in [9.17, 15) is 4.79 Å². The Morgan fingerprint density at radius 1 is 1.12 bits per heavy atom. The van der Waals surface area contributed by atoms with Crippen molar-refractivity contribution < 1.29 is 4.79 Å². The van der Waals surface area contributed by atoms with Crippen molar-refractivity contribution in [3.63, 3.8) is 0 Å². The maximum absolute atomic E-state index is 12.5. The van der Waals surface area contributed by atoms with E-state index in [1.165, 1.54) is 0 Å². The number of likely N-dealkylation sites (N-methyl/N-ethyl adjacent to an activating group) is 1. The van der Waals surface area contributed by atoms with Gasteiger partial charge in [0.25, 0.3) is 5.91 Å². The number of rotatable bonds is 5. The first-order chi connectivity index (χ1) is 12.6. The summed E-state index contributed by atoms with van der Waals surface area (Å²) >= 11 is 0. The van der Waals surface area contributed by atoms with Gasteiger partial charge in [0.05, 0.1) is 0 Å². The van der Waals surface area contributed by atoms with Crippen LogP contribution in [-0.2, 0) is 0 Å². The summed E-state index contributed by atoms with van der Waals surface area (Å²) in [7, 11) is 0. The fraction of sp³-hybridized carbons (Fsp3) is 0.450. The van der Waals surface area contributed by atoms with Gasteiger partial charge < -0.3 is 15.1 Å². The van der Waals surface area contributed by atoms with Crippen molar-refractivity contribution in [1.82, 2.24) is 20.2 Å². The lowest BCUT2D eigenvalue weighted by atomic mass is 10.2. The van der Waals surface area contributed by atoms with Crippen LogP contribution in [0.4, 0.5) is 5.82 Å². The van der Waals surface area contributed by atoms with Gasteiger partial charge >= 0.3 is 0 Å². The topological polar surface area (TPSA) is 61.4 Å². The van der Waals surface area contributed by atoms with Crippen molar-refractivity contribution in [3.05, 3.63) is 42.1 Å². The number of amides is 1. The Morgan fingerprint density at radius 3 is 2.42 bits per heavy atom. The molecule has 0 saturated carbocycles. The maximum atomic E-state index is 12.5. The number of piperazine rings is 1. The molecule has 0 bridgehead atoms. The molecule has 1 amide bonds. The smallest absolute Gasteiger partial charge is 0.270 e. The Labute approximate surface area is 155 Å². The second-order valence-electron chi connectivity index (χ2n) is 6.85. The summed E-state index contributed by atoms with van der Waals surface area (Å²) < 4.78 is 0. The molecule has 6 nitrogen and oxygen atoms in total. The van der Waals surface area contributed by atoms with Gasteiger partial charge in [0.15, 0.2) is 5.82 Å². The Balaban J connectivity index is 1.94. The number of nitrogens with zero attached hydrogens (tertiary/aromatic N) is 4. The van der Waals surface area contributed by atoms with Crippen LogP contribution in [0.5, 0.6) is 0 Å². The molecule has 0 spiro atoms. The molecule has 1 aromatic heterocycles. The van der Waals surface area contributed by atoms with Crippen LogP contribution in [-0.4, -0.2) is 59.5 Å². The van der Waals surface area contributed by atoms with Crippen molar-refractivity contribution in [1.29, 1.82) is 0 Å². The lowest BCUT2D eigenvalue weighted by Gasteiger charge is -2.35. The van der Waals surface area contributed by atoms with E-state index in [4.69, 9.17) is 4.98 Å². The van der Waals surface area contributed by atoms with E-state index in [0.29, 0.717) is 11.5 Å². The Kier molecular flexibility index (Phi) is 5.83. The predicted molar refractivity (Wildman–Crippen MR) is 104 cm³/mol.